The Morgan fingerprint density at radius 2 is 1.72 bits per heavy atom. The highest BCUT2D eigenvalue weighted by atomic mass is 32.1. The molecule has 0 amide bonds. The molecular weight excluding hydrogens is 433 g/mol. The number of non-ortho nitro benzene ring substituents is 1. The van der Waals surface area contributed by atoms with Gasteiger partial charge < -0.3 is 0 Å². The summed E-state index contributed by atoms with van der Waals surface area (Å²) < 4.78 is 15.4. The molecule has 2 aromatic heterocycles. The standard InChI is InChI=1S/C23H12FN3O4S/c24-14-8-10-15(11-9-14)26-21(13-4-3-5-16(12-13)27(30)31)25-22-19(23(26)29)20(28)17-6-1-2-7-18(17)32-22/h1-12H. The Morgan fingerprint density at radius 3 is 2.47 bits per heavy atom. The van der Waals surface area contributed by atoms with Crippen LogP contribution in [0.5, 0.6) is 0 Å². The van der Waals surface area contributed by atoms with Crippen LogP contribution in [0.4, 0.5) is 10.1 Å². The van der Waals surface area contributed by atoms with Gasteiger partial charge in [0.25, 0.3) is 11.2 Å². The van der Waals surface area contributed by atoms with Gasteiger partial charge in [0.1, 0.15) is 21.9 Å². The predicted molar refractivity (Wildman–Crippen MR) is 121 cm³/mol. The lowest BCUT2D eigenvalue weighted by Crippen LogP contribution is -2.26. The Balaban J connectivity index is 1.94. The van der Waals surface area contributed by atoms with Crippen molar-refractivity contribution in [3.8, 4) is 17.1 Å². The van der Waals surface area contributed by atoms with Gasteiger partial charge in [-0.1, -0.05) is 24.3 Å². The largest absolute Gasteiger partial charge is 0.288 e. The number of nitro benzene ring substituents is 1. The summed E-state index contributed by atoms with van der Waals surface area (Å²) in [4.78, 5) is 42.3. The smallest absolute Gasteiger partial charge is 0.271 e. The average Bonchev–Trinajstić information content (AvgIpc) is 2.80. The van der Waals surface area contributed by atoms with E-state index in [0.717, 1.165) is 0 Å². The van der Waals surface area contributed by atoms with E-state index in [2.05, 4.69) is 4.98 Å². The SMILES string of the molecule is O=c1c2ccccc2sc2nc(-c3cccc([N+](=O)[O-])c3)n(-c3ccc(F)cc3)c(=O)c12. The first-order chi connectivity index (χ1) is 15.4. The van der Waals surface area contributed by atoms with E-state index < -0.39 is 21.7 Å². The zero-order valence-electron chi connectivity index (χ0n) is 16.2. The minimum atomic E-state index is -0.630. The van der Waals surface area contributed by atoms with Crippen molar-refractivity contribution in [2.75, 3.05) is 0 Å². The third kappa shape index (κ3) is 3.15. The van der Waals surface area contributed by atoms with Crippen LogP contribution in [0.2, 0.25) is 0 Å². The van der Waals surface area contributed by atoms with Crippen LogP contribution in [0.15, 0.2) is 82.4 Å². The van der Waals surface area contributed by atoms with E-state index >= 15 is 0 Å². The van der Waals surface area contributed by atoms with E-state index in [4.69, 9.17) is 0 Å². The molecule has 0 aliphatic rings. The summed E-state index contributed by atoms with van der Waals surface area (Å²) in [6.45, 7) is 0. The Kier molecular flexibility index (Phi) is 4.60. The van der Waals surface area contributed by atoms with Crippen molar-refractivity contribution in [3.63, 3.8) is 0 Å². The number of hydrogen-bond donors (Lipinski definition) is 0. The van der Waals surface area contributed by atoms with E-state index in [1.165, 1.54) is 58.4 Å². The number of nitro groups is 1. The molecule has 3 aromatic carbocycles. The molecule has 0 aliphatic heterocycles. The number of nitrogens with zero attached hydrogens (tertiary/aromatic N) is 3. The number of rotatable bonds is 3. The van der Waals surface area contributed by atoms with Crippen LogP contribution < -0.4 is 11.0 Å². The van der Waals surface area contributed by atoms with E-state index in [-0.39, 0.29) is 27.4 Å². The summed E-state index contributed by atoms with van der Waals surface area (Å²) in [5, 5.41) is 11.6. The summed E-state index contributed by atoms with van der Waals surface area (Å²) in [6, 6.07) is 17.8. The van der Waals surface area contributed by atoms with Gasteiger partial charge in [-0.25, -0.2) is 9.37 Å². The fourth-order valence-electron chi connectivity index (χ4n) is 3.53. The number of hydrogen-bond acceptors (Lipinski definition) is 6. The lowest BCUT2D eigenvalue weighted by Gasteiger charge is -2.14. The first kappa shape index (κ1) is 19.7. The Hall–Kier alpha value is -4.24. The summed E-state index contributed by atoms with van der Waals surface area (Å²) >= 11 is 1.19. The molecule has 32 heavy (non-hydrogen) atoms. The molecule has 0 saturated carbocycles. The molecule has 0 unspecified atom stereocenters. The molecule has 156 valence electrons. The predicted octanol–water partition coefficient (Wildman–Crippen LogP) is 4.67. The van der Waals surface area contributed by atoms with Crippen LogP contribution in [0, 0.1) is 15.9 Å². The molecule has 0 aliphatic carbocycles. The molecule has 7 nitrogen and oxygen atoms in total. The van der Waals surface area contributed by atoms with Crippen molar-refractivity contribution in [2.45, 2.75) is 0 Å². The van der Waals surface area contributed by atoms with Gasteiger partial charge in [0.15, 0.2) is 0 Å². The summed E-state index contributed by atoms with van der Waals surface area (Å²) in [5.74, 6) is -0.381. The second kappa shape index (κ2) is 7.47. The topological polar surface area (TPSA) is 95.1 Å². The highest BCUT2D eigenvalue weighted by Crippen LogP contribution is 2.28. The van der Waals surface area contributed by atoms with Crippen LogP contribution >= 0.6 is 11.3 Å². The van der Waals surface area contributed by atoms with E-state index in [1.807, 2.05) is 0 Å². The van der Waals surface area contributed by atoms with Gasteiger partial charge in [-0.15, -0.1) is 11.3 Å². The van der Waals surface area contributed by atoms with E-state index in [9.17, 15) is 24.1 Å². The van der Waals surface area contributed by atoms with Gasteiger partial charge >= 0.3 is 0 Å². The summed E-state index contributed by atoms with van der Waals surface area (Å²) in [5.41, 5.74) is -0.655. The van der Waals surface area contributed by atoms with Gasteiger partial charge in [-0.2, -0.15) is 0 Å². The summed E-state index contributed by atoms with van der Waals surface area (Å²) in [6.07, 6.45) is 0. The van der Waals surface area contributed by atoms with Crippen molar-refractivity contribution in [2.24, 2.45) is 0 Å². The van der Waals surface area contributed by atoms with Crippen molar-refractivity contribution >= 4 is 37.3 Å². The third-order valence-electron chi connectivity index (χ3n) is 5.02. The van der Waals surface area contributed by atoms with Crippen molar-refractivity contribution in [1.29, 1.82) is 0 Å². The van der Waals surface area contributed by atoms with Crippen LogP contribution in [0.1, 0.15) is 0 Å². The molecule has 0 saturated heterocycles. The van der Waals surface area contributed by atoms with Gasteiger partial charge in [0.05, 0.1) is 10.6 Å². The zero-order valence-corrected chi connectivity index (χ0v) is 17.0. The fraction of sp³-hybridized carbons (Fsp3) is 0. The van der Waals surface area contributed by atoms with Gasteiger partial charge in [0.2, 0.25) is 5.43 Å². The molecule has 5 aromatic rings. The van der Waals surface area contributed by atoms with Crippen LogP contribution in [0.25, 0.3) is 37.4 Å². The Morgan fingerprint density at radius 1 is 0.969 bits per heavy atom. The minimum Gasteiger partial charge on any atom is -0.288 e. The summed E-state index contributed by atoms with van der Waals surface area (Å²) in [7, 11) is 0. The van der Waals surface area contributed by atoms with Crippen molar-refractivity contribution in [3.05, 3.63) is 109 Å². The van der Waals surface area contributed by atoms with Crippen molar-refractivity contribution < 1.29 is 9.31 Å². The van der Waals surface area contributed by atoms with Gasteiger partial charge in [-0.05, 0) is 36.4 Å². The molecule has 5 rings (SSSR count). The maximum absolute atomic E-state index is 13.6. The quantitative estimate of drug-likeness (QED) is 0.228. The molecule has 0 N–H and O–H groups in total. The molecule has 0 spiro atoms. The van der Waals surface area contributed by atoms with Gasteiger partial charge in [-0.3, -0.25) is 24.3 Å². The second-order valence-electron chi connectivity index (χ2n) is 6.97. The van der Waals surface area contributed by atoms with E-state index in [1.54, 1.807) is 30.3 Å². The highest BCUT2D eigenvalue weighted by Gasteiger charge is 2.20. The number of aromatic nitrogens is 2. The van der Waals surface area contributed by atoms with Crippen LogP contribution in [0.3, 0.4) is 0 Å². The lowest BCUT2D eigenvalue weighted by molar-refractivity contribution is -0.384. The molecule has 0 atom stereocenters. The molecule has 0 bridgehead atoms. The molecule has 0 fully saturated rings. The number of halogens is 1. The van der Waals surface area contributed by atoms with Crippen molar-refractivity contribution in [1.82, 2.24) is 9.55 Å². The normalized spacial score (nSPS) is 11.2. The molecule has 0 radical (unpaired) electrons. The first-order valence-electron chi connectivity index (χ1n) is 9.43. The third-order valence-corrected chi connectivity index (χ3v) is 6.08. The lowest BCUT2D eigenvalue weighted by atomic mass is 10.1. The van der Waals surface area contributed by atoms with Crippen LogP contribution in [-0.4, -0.2) is 14.5 Å². The Labute approximate surface area is 182 Å². The number of benzene rings is 3. The zero-order chi connectivity index (χ0) is 22.4. The number of fused-ring (bicyclic) bond motifs is 2. The maximum atomic E-state index is 13.6. The van der Waals surface area contributed by atoms with Gasteiger partial charge in [0, 0.05) is 27.8 Å². The fourth-order valence-corrected chi connectivity index (χ4v) is 4.57. The molecule has 2 heterocycles. The first-order valence-corrected chi connectivity index (χ1v) is 10.2. The van der Waals surface area contributed by atoms with Crippen LogP contribution in [-0.2, 0) is 0 Å². The van der Waals surface area contributed by atoms with E-state index in [0.29, 0.717) is 15.6 Å². The minimum absolute atomic E-state index is 0.0906. The monoisotopic (exact) mass is 445 g/mol. The second-order valence-corrected chi connectivity index (χ2v) is 8.00. The maximum Gasteiger partial charge on any atom is 0.271 e. The molecular formula is C23H12FN3O4S. The molecule has 9 heteroatoms. The average molecular weight is 445 g/mol. The highest BCUT2D eigenvalue weighted by molar-refractivity contribution is 7.24. The Bertz CT molecular complexity index is 1660.